The minimum Gasteiger partial charge on any atom is -0.351 e. The van der Waals surface area contributed by atoms with Crippen LogP contribution in [0.3, 0.4) is 0 Å². The molecule has 1 rings (SSSR count). The number of hydrogen-bond acceptors (Lipinski definition) is 3. The van der Waals surface area contributed by atoms with E-state index in [1.807, 2.05) is 6.92 Å². The second-order valence-electron chi connectivity index (χ2n) is 7.19. The van der Waals surface area contributed by atoms with Gasteiger partial charge in [-0.1, -0.05) is 58.1 Å². The van der Waals surface area contributed by atoms with Crippen LogP contribution in [-0.4, -0.2) is 46.3 Å². The first-order chi connectivity index (χ1) is 12.5. The first-order valence-corrected chi connectivity index (χ1v) is 10.6. The Morgan fingerprint density at radius 3 is 2.27 bits per heavy atom. The van der Waals surface area contributed by atoms with Gasteiger partial charge in [-0.2, -0.15) is 5.10 Å². The molecule has 2 unspecified atom stereocenters. The predicted molar refractivity (Wildman–Crippen MR) is 110 cm³/mol. The number of amides is 1. The van der Waals surface area contributed by atoms with Gasteiger partial charge in [0.15, 0.2) is 0 Å². The van der Waals surface area contributed by atoms with E-state index in [1.165, 1.54) is 38.5 Å². The Hall–Kier alpha value is -1.07. The number of carbonyl (C=O) groups is 1. The highest BCUT2D eigenvalue weighted by Gasteiger charge is 2.21. The fourth-order valence-electron chi connectivity index (χ4n) is 3.22. The molecule has 0 aliphatic carbocycles. The largest absolute Gasteiger partial charge is 0.351 e. The topological polar surface area (TPSA) is 50.2 Å². The van der Waals surface area contributed by atoms with Crippen LogP contribution in [0.5, 0.6) is 0 Å². The fraction of sp³-hybridized carbons (Fsp3) is 0.800. The SMILES string of the molecule is CCCCCN(CCCCC)CC(C)NC(=O)C(CC)n1cc(Cl)cn1. The zero-order chi connectivity index (χ0) is 19.4. The molecule has 0 bridgehead atoms. The molecule has 6 heteroatoms. The maximum atomic E-state index is 12.7. The lowest BCUT2D eigenvalue weighted by Gasteiger charge is -2.27. The maximum Gasteiger partial charge on any atom is 0.245 e. The standard InChI is InChI=1S/C20H37ClN4O/c1-5-8-10-12-24(13-11-9-6-2)15-17(4)23-20(26)19(7-3)25-16-18(21)14-22-25/h14,16-17,19H,5-13,15H2,1-4H3,(H,23,26). The molecule has 0 saturated heterocycles. The quantitative estimate of drug-likeness (QED) is 0.474. The first kappa shape index (κ1) is 23.0. The highest BCUT2D eigenvalue weighted by Crippen LogP contribution is 2.15. The minimum atomic E-state index is -0.307. The molecule has 0 aliphatic heterocycles. The van der Waals surface area contributed by atoms with Gasteiger partial charge in [-0.05, 0) is 39.3 Å². The molecule has 1 aromatic heterocycles. The Bertz CT molecular complexity index is 496. The van der Waals surface area contributed by atoms with Gasteiger partial charge < -0.3 is 10.2 Å². The molecule has 0 aromatic carbocycles. The van der Waals surface area contributed by atoms with E-state index in [4.69, 9.17) is 11.6 Å². The average molecular weight is 385 g/mol. The van der Waals surface area contributed by atoms with Crippen molar-refractivity contribution >= 4 is 17.5 Å². The third-order valence-corrected chi connectivity index (χ3v) is 4.85. The van der Waals surface area contributed by atoms with Crippen molar-refractivity contribution in [3.63, 3.8) is 0 Å². The molecule has 1 heterocycles. The van der Waals surface area contributed by atoms with E-state index in [9.17, 15) is 4.79 Å². The summed E-state index contributed by atoms with van der Waals surface area (Å²) in [6.45, 7) is 11.7. The Labute approximate surface area is 164 Å². The average Bonchev–Trinajstić information content (AvgIpc) is 3.01. The number of nitrogens with zero attached hydrogens (tertiary/aromatic N) is 3. The highest BCUT2D eigenvalue weighted by molar-refractivity contribution is 6.30. The lowest BCUT2D eigenvalue weighted by molar-refractivity contribution is -0.125. The third-order valence-electron chi connectivity index (χ3n) is 4.66. The summed E-state index contributed by atoms with van der Waals surface area (Å²) >= 11 is 5.94. The summed E-state index contributed by atoms with van der Waals surface area (Å²) in [4.78, 5) is 15.2. The molecule has 0 spiro atoms. The zero-order valence-corrected chi connectivity index (χ0v) is 17.8. The van der Waals surface area contributed by atoms with E-state index in [2.05, 4.69) is 36.1 Å². The van der Waals surface area contributed by atoms with Gasteiger partial charge in [0.25, 0.3) is 0 Å². The third kappa shape index (κ3) is 8.54. The summed E-state index contributed by atoms with van der Waals surface area (Å²) < 4.78 is 1.66. The molecule has 0 radical (unpaired) electrons. The lowest BCUT2D eigenvalue weighted by atomic mass is 10.1. The van der Waals surface area contributed by atoms with Crippen molar-refractivity contribution in [2.75, 3.05) is 19.6 Å². The van der Waals surface area contributed by atoms with Crippen LogP contribution in [0.2, 0.25) is 5.02 Å². The Kier molecular flexibility index (Phi) is 11.6. The highest BCUT2D eigenvalue weighted by atomic mass is 35.5. The van der Waals surface area contributed by atoms with Crippen molar-refractivity contribution in [3.05, 3.63) is 17.4 Å². The van der Waals surface area contributed by atoms with Crippen molar-refractivity contribution in [2.45, 2.75) is 84.7 Å². The number of hydrogen-bond donors (Lipinski definition) is 1. The maximum absolute atomic E-state index is 12.7. The van der Waals surface area contributed by atoms with E-state index in [-0.39, 0.29) is 18.0 Å². The Balaban J connectivity index is 2.54. The van der Waals surface area contributed by atoms with Gasteiger partial charge in [-0.15, -0.1) is 0 Å². The molecule has 0 fully saturated rings. The molecule has 150 valence electrons. The van der Waals surface area contributed by atoms with Gasteiger partial charge in [-0.3, -0.25) is 9.48 Å². The molecular formula is C20H37ClN4O. The molecule has 0 saturated carbocycles. The first-order valence-electron chi connectivity index (χ1n) is 10.2. The van der Waals surface area contributed by atoms with Crippen LogP contribution >= 0.6 is 11.6 Å². The van der Waals surface area contributed by atoms with E-state index in [0.717, 1.165) is 19.6 Å². The Morgan fingerprint density at radius 2 is 1.81 bits per heavy atom. The zero-order valence-electron chi connectivity index (χ0n) is 17.0. The molecule has 5 nitrogen and oxygen atoms in total. The van der Waals surface area contributed by atoms with Crippen molar-refractivity contribution in [3.8, 4) is 0 Å². The van der Waals surface area contributed by atoms with Crippen LogP contribution in [0, 0.1) is 0 Å². The van der Waals surface area contributed by atoms with Crippen molar-refractivity contribution < 1.29 is 4.79 Å². The predicted octanol–water partition coefficient (Wildman–Crippen LogP) is 4.67. The van der Waals surface area contributed by atoms with Gasteiger partial charge in [-0.25, -0.2) is 0 Å². The summed E-state index contributed by atoms with van der Waals surface area (Å²) in [5.41, 5.74) is 0. The minimum absolute atomic E-state index is 0.0156. The van der Waals surface area contributed by atoms with Crippen molar-refractivity contribution in [2.24, 2.45) is 0 Å². The molecule has 2 atom stereocenters. The normalized spacial score (nSPS) is 13.8. The number of aromatic nitrogens is 2. The van der Waals surface area contributed by atoms with E-state index in [0.29, 0.717) is 11.4 Å². The van der Waals surface area contributed by atoms with Gasteiger partial charge >= 0.3 is 0 Å². The monoisotopic (exact) mass is 384 g/mol. The molecule has 26 heavy (non-hydrogen) atoms. The number of halogens is 1. The summed E-state index contributed by atoms with van der Waals surface area (Å²) in [5, 5.41) is 7.91. The molecule has 1 N–H and O–H groups in total. The summed E-state index contributed by atoms with van der Waals surface area (Å²) in [6.07, 6.45) is 11.4. The summed E-state index contributed by atoms with van der Waals surface area (Å²) in [7, 11) is 0. The van der Waals surface area contributed by atoms with Crippen LogP contribution < -0.4 is 5.32 Å². The summed E-state index contributed by atoms with van der Waals surface area (Å²) in [5.74, 6) is 0.0156. The van der Waals surface area contributed by atoms with Crippen LogP contribution in [0.15, 0.2) is 12.4 Å². The number of unbranched alkanes of at least 4 members (excludes halogenated alkanes) is 4. The van der Waals surface area contributed by atoms with Crippen LogP contribution in [0.1, 0.15) is 78.7 Å². The van der Waals surface area contributed by atoms with Gasteiger partial charge in [0.05, 0.1) is 11.2 Å². The van der Waals surface area contributed by atoms with Gasteiger partial charge in [0, 0.05) is 18.8 Å². The number of nitrogens with one attached hydrogen (secondary N) is 1. The number of carbonyl (C=O) groups excluding carboxylic acids is 1. The van der Waals surface area contributed by atoms with Crippen LogP contribution in [0.25, 0.3) is 0 Å². The number of rotatable bonds is 14. The van der Waals surface area contributed by atoms with E-state index >= 15 is 0 Å². The van der Waals surface area contributed by atoms with Crippen LogP contribution in [0.4, 0.5) is 0 Å². The van der Waals surface area contributed by atoms with Crippen molar-refractivity contribution in [1.82, 2.24) is 20.0 Å². The fourth-order valence-corrected chi connectivity index (χ4v) is 3.36. The molecule has 0 aliphatic rings. The summed E-state index contributed by atoms with van der Waals surface area (Å²) in [6, 6.07) is -0.190. The van der Waals surface area contributed by atoms with E-state index < -0.39 is 0 Å². The second-order valence-corrected chi connectivity index (χ2v) is 7.62. The molecule has 1 amide bonds. The molecular weight excluding hydrogens is 348 g/mol. The van der Waals surface area contributed by atoms with Gasteiger partial charge in [0.2, 0.25) is 5.91 Å². The van der Waals surface area contributed by atoms with Crippen LogP contribution in [-0.2, 0) is 4.79 Å². The van der Waals surface area contributed by atoms with E-state index in [1.54, 1.807) is 17.1 Å². The Morgan fingerprint density at radius 1 is 1.19 bits per heavy atom. The lowest BCUT2D eigenvalue weighted by Crippen LogP contribution is -2.45. The molecule has 1 aromatic rings. The van der Waals surface area contributed by atoms with Crippen molar-refractivity contribution in [1.29, 1.82) is 0 Å². The second kappa shape index (κ2) is 13.2. The smallest absolute Gasteiger partial charge is 0.245 e. The van der Waals surface area contributed by atoms with Gasteiger partial charge in [0.1, 0.15) is 6.04 Å².